The van der Waals surface area contributed by atoms with E-state index in [1.165, 1.54) is 0 Å². The third kappa shape index (κ3) is 3.61. The highest BCUT2D eigenvalue weighted by atomic mass is 28.2. The fourth-order valence-corrected chi connectivity index (χ4v) is 1.09. The molecule has 1 aromatic rings. The van der Waals surface area contributed by atoms with Crippen molar-refractivity contribution in [3.05, 3.63) is 30.3 Å². The molecule has 0 radical (unpaired) electrons. The summed E-state index contributed by atoms with van der Waals surface area (Å²) < 4.78 is 5.44. The van der Waals surface area contributed by atoms with E-state index in [9.17, 15) is 0 Å². The van der Waals surface area contributed by atoms with Crippen molar-refractivity contribution in [3.63, 3.8) is 0 Å². The lowest BCUT2D eigenvalue weighted by atomic mass is 10.1. The molecule has 0 aliphatic carbocycles. The second-order valence-electron chi connectivity index (χ2n) is 3.68. The minimum Gasteiger partial charge on any atom is -0.421 e. The van der Waals surface area contributed by atoms with Gasteiger partial charge in [-0.3, -0.25) is 0 Å². The fourth-order valence-electron chi connectivity index (χ4n) is 0.943. The first-order valence-corrected chi connectivity index (χ1v) is 5.30. The molecule has 72 valence electrons. The van der Waals surface area contributed by atoms with Crippen LogP contribution in [0.25, 0.3) is 0 Å². The van der Waals surface area contributed by atoms with Gasteiger partial charge >= 0.3 is 0 Å². The van der Waals surface area contributed by atoms with Gasteiger partial charge in [0.15, 0.2) is 0 Å². The van der Waals surface area contributed by atoms with Crippen molar-refractivity contribution >= 4 is 16.2 Å². The van der Waals surface area contributed by atoms with Crippen molar-refractivity contribution in [1.29, 1.82) is 0 Å². The summed E-state index contributed by atoms with van der Waals surface area (Å²) in [6.07, 6.45) is 0. The molecule has 2 nitrogen and oxygen atoms in total. The molecule has 0 aliphatic rings. The first-order chi connectivity index (χ1) is 6.14. The normalized spacial score (nSPS) is 11.5. The maximum absolute atomic E-state index is 5.44. The maximum atomic E-state index is 5.44. The molecule has 0 atom stereocenters. The summed E-state index contributed by atoms with van der Waals surface area (Å²) in [5, 5.41) is 3.33. The molecular formula is C10H17NOSi. The first-order valence-electron chi connectivity index (χ1n) is 4.48. The van der Waals surface area contributed by atoms with Crippen LogP contribution in [0.4, 0.5) is 5.69 Å². The van der Waals surface area contributed by atoms with Crippen LogP contribution in [0.1, 0.15) is 13.8 Å². The lowest BCUT2D eigenvalue weighted by Crippen LogP contribution is -2.32. The van der Waals surface area contributed by atoms with Crippen molar-refractivity contribution in [2.75, 3.05) is 11.9 Å². The highest BCUT2D eigenvalue weighted by Gasteiger charge is 2.14. The van der Waals surface area contributed by atoms with E-state index in [1.54, 1.807) is 0 Å². The predicted molar refractivity (Wildman–Crippen MR) is 60.0 cm³/mol. The molecule has 1 rings (SSSR count). The first kappa shape index (κ1) is 10.3. The molecule has 0 amide bonds. The molecule has 0 unspecified atom stereocenters. The number of anilines is 1. The van der Waals surface area contributed by atoms with Crippen LogP contribution in [0.2, 0.25) is 0 Å². The summed E-state index contributed by atoms with van der Waals surface area (Å²) in [6, 6.07) is 10.2. The van der Waals surface area contributed by atoms with Crippen molar-refractivity contribution in [2.24, 2.45) is 0 Å². The zero-order valence-corrected chi connectivity index (χ0v) is 10.5. The molecular weight excluding hydrogens is 178 g/mol. The molecule has 3 heteroatoms. The van der Waals surface area contributed by atoms with E-state index in [1.807, 2.05) is 18.2 Å². The van der Waals surface area contributed by atoms with Gasteiger partial charge in [-0.05, 0) is 26.0 Å². The van der Waals surface area contributed by atoms with E-state index >= 15 is 0 Å². The van der Waals surface area contributed by atoms with E-state index < -0.39 is 0 Å². The van der Waals surface area contributed by atoms with Crippen LogP contribution >= 0.6 is 0 Å². The van der Waals surface area contributed by atoms with Gasteiger partial charge in [0, 0.05) is 12.2 Å². The molecule has 1 aromatic carbocycles. The fraction of sp³-hybridized carbons (Fsp3) is 0.400. The smallest absolute Gasteiger partial charge is 0.146 e. The molecule has 0 fully saturated rings. The molecule has 1 N–H and O–H groups in total. The largest absolute Gasteiger partial charge is 0.421 e. The molecule has 0 spiro atoms. The second kappa shape index (κ2) is 4.44. The van der Waals surface area contributed by atoms with Crippen LogP contribution in [0.3, 0.4) is 0 Å². The number of para-hydroxylation sites is 1. The Balaban J connectivity index is 2.44. The van der Waals surface area contributed by atoms with E-state index in [0.29, 0.717) is 0 Å². The minimum absolute atomic E-state index is 0.0535. The number of hydrogen-bond acceptors (Lipinski definition) is 2. The Bertz CT molecular complexity index is 248. The maximum Gasteiger partial charge on any atom is 0.146 e. The zero-order chi connectivity index (χ0) is 9.73. The Morgan fingerprint density at radius 3 is 2.46 bits per heavy atom. The highest BCUT2D eigenvalue weighted by molar-refractivity contribution is 5.98. The van der Waals surface area contributed by atoms with Crippen LogP contribution in [-0.2, 0) is 4.43 Å². The van der Waals surface area contributed by atoms with E-state index in [2.05, 4.69) is 31.3 Å². The van der Waals surface area contributed by atoms with Gasteiger partial charge in [0.2, 0.25) is 0 Å². The SMILES string of the molecule is CC(C)(CNc1ccccc1)O[SiH3]. The number of rotatable bonds is 4. The van der Waals surface area contributed by atoms with E-state index in [4.69, 9.17) is 4.43 Å². The van der Waals surface area contributed by atoms with Gasteiger partial charge in [-0.15, -0.1) is 0 Å². The quantitative estimate of drug-likeness (QED) is 0.728. The Hall–Kier alpha value is -0.803. The molecule has 0 saturated heterocycles. The second-order valence-corrected chi connectivity index (χ2v) is 4.09. The molecule has 0 heterocycles. The average molecular weight is 195 g/mol. The molecule has 0 aliphatic heterocycles. The summed E-state index contributed by atoms with van der Waals surface area (Å²) in [5.41, 5.74) is 1.09. The molecule has 0 aromatic heterocycles. The van der Waals surface area contributed by atoms with Gasteiger partial charge in [0.05, 0.1) is 5.60 Å². The van der Waals surface area contributed by atoms with Gasteiger partial charge in [0.1, 0.15) is 10.5 Å². The molecule has 0 saturated carbocycles. The topological polar surface area (TPSA) is 21.3 Å². The summed E-state index contributed by atoms with van der Waals surface area (Å²) in [5.74, 6) is 0. The van der Waals surface area contributed by atoms with Crippen LogP contribution in [0.5, 0.6) is 0 Å². The van der Waals surface area contributed by atoms with Crippen LogP contribution < -0.4 is 5.32 Å². The van der Waals surface area contributed by atoms with Crippen molar-refractivity contribution in [1.82, 2.24) is 0 Å². The number of nitrogens with one attached hydrogen (secondary N) is 1. The molecule has 0 bridgehead atoms. The van der Waals surface area contributed by atoms with Crippen LogP contribution in [-0.4, -0.2) is 22.6 Å². The minimum atomic E-state index is -0.0535. The Kier molecular flexibility index (Phi) is 3.51. The average Bonchev–Trinajstić information content (AvgIpc) is 2.17. The number of hydrogen-bond donors (Lipinski definition) is 1. The lowest BCUT2D eigenvalue weighted by Gasteiger charge is -2.24. The molecule has 13 heavy (non-hydrogen) atoms. The van der Waals surface area contributed by atoms with Crippen LogP contribution in [0.15, 0.2) is 30.3 Å². The predicted octanol–water partition coefficient (Wildman–Crippen LogP) is 1.17. The Morgan fingerprint density at radius 1 is 1.31 bits per heavy atom. The van der Waals surface area contributed by atoms with Crippen molar-refractivity contribution < 1.29 is 4.43 Å². The standard InChI is InChI=1S/C10H17NOSi/c1-10(2,12-13)8-11-9-6-4-3-5-7-9/h3-7,11H,8H2,1-2,13H3. The Morgan fingerprint density at radius 2 is 1.92 bits per heavy atom. The highest BCUT2D eigenvalue weighted by Crippen LogP contribution is 2.10. The lowest BCUT2D eigenvalue weighted by molar-refractivity contribution is 0.139. The summed E-state index contributed by atoms with van der Waals surface area (Å²) in [6.45, 7) is 5.03. The monoisotopic (exact) mass is 195 g/mol. The van der Waals surface area contributed by atoms with Crippen molar-refractivity contribution in [2.45, 2.75) is 19.4 Å². The van der Waals surface area contributed by atoms with Gasteiger partial charge in [-0.25, -0.2) is 0 Å². The third-order valence-electron chi connectivity index (χ3n) is 2.04. The number of benzene rings is 1. The van der Waals surface area contributed by atoms with Crippen LogP contribution in [0, 0.1) is 0 Å². The Labute approximate surface area is 82.8 Å². The summed E-state index contributed by atoms with van der Waals surface area (Å²) >= 11 is 0. The summed E-state index contributed by atoms with van der Waals surface area (Å²) in [7, 11) is 0.784. The third-order valence-corrected chi connectivity index (χ3v) is 3.15. The van der Waals surface area contributed by atoms with Gasteiger partial charge in [-0.1, -0.05) is 18.2 Å². The van der Waals surface area contributed by atoms with Gasteiger partial charge in [-0.2, -0.15) is 0 Å². The van der Waals surface area contributed by atoms with Gasteiger partial charge in [0.25, 0.3) is 0 Å². The van der Waals surface area contributed by atoms with E-state index in [0.717, 1.165) is 22.7 Å². The van der Waals surface area contributed by atoms with E-state index in [-0.39, 0.29) is 5.60 Å². The summed E-state index contributed by atoms with van der Waals surface area (Å²) in [4.78, 5) is 0. The van der Waals surface area contributed by atoms with Gasteiger partial charge < -0.3 is 9.74 Å². The van der Waals surface area contributed by atoms with Crippen molar-refractivity contribution in [3.8, 4) is 0 Å². The zero-order valence-electron chi connectivity index (χ0n) is 8.50.